The van der Waals surface area contributed by atoms with Crippen molar-refractivity contribution >= 4 is 11.8 Å². The van der Waals surface area contributed by atoms with Gasteiger partial charge in [0.05, 0.1) is 6.04 Å². The Hall–Kier alpha value is -4.39. The first-order valence-electron chi connectivity index (χ1n) is 13.7. The average molecular weight is 539 g/mol. The molecule has 0 spiro atoms. The third kappa shape index (κ3) is 5.64. The zero-order chi connectivity index (χ0) is 27.6. The molecule has 1 atom stereocenters. The van der Waals surface area contributed by atoms with Gasteiger partial charge in [-0.05, 0) is 84.8 Å². The maximum atomic E-state index is 14.2. The number of aryl methyl sites for hydroxylation is 1. The first-order chi connectivity index (χ1) is 19.4. The maximum absolute atomic E-state index is 14.2. The third-order valence-electron chi connectivity index (χ3n) is 7.52. The van der Waals surface area contributed by atoms with E-state index in [4.69, 9.17) is 9.15 Å². The Bertz CT molecular complexity index is 1560. The molecule has 0 radical (unpaired) electrons. The summed E-state index contributed by atoms with van der Waals surface area (Å²) >= 11 is 0. The zero-order valence-corrected chi connectivity index (χ0v) is 22.4. The number of carbonyl (C=O) groups is 2. The molecule has 1 aliphatic heterocycles. The van der Waals surface area contributed by atoms with Gasteiger partial charge in [-0.15, -0.1) is 0 Å². The fourth-order valence-electron chi connectivity index (χ4n) is 5.34. The normalized spacial score (nSPS) is 16.4. The molecule has 4 aromatic rings. The van der Waals surface area contributed by atoms with Crippen molar-refractivity contribution < 1.29 is 23.1 Å². The molecule has 1 saturated carbocycles. The predicted octanol–water partition coefficient (Wildman–Crippen LogP) is 6.12. The Morgan fingerprint density at radius 1 is 1.02 bits per heavy atom. The molecule has 0 unspecified atom stereocenters. The molecule has 2 aliphatic rings. The van der Waals surface area contributed by atoms with Crippen molar-refractivity contribution in [1.29, 1.82) is 0 Å². The van der Waals surface area contributed by atoms with Crippen LogP contribution in [0.5, 0.6) is 5.75 Å². The van der Waals surface area contributed by atoms with E-state index in [-0.39, 0.29) is 42.0 Å². The van der Waals surface area contributed by atoms with E-state index in [2.05, 4.69) is 5.32 Å². The minimum atomic E-state index is -0.372. The number of halogens is 1. The van der Waals surface area contributed by atoms with Crippen molar-refractivity contribution in [2.75, 3.05) is 6.54 Å². The van der Waals surface area contributed by atoms with Crippen LogP contribution in [0.25, 0.3) is 0 Å². The number of furan rings is 1. The van der Waals surface area contributed by atoms with Gasteiger partial charge in [0.1, 0.15) is 23.9 Å². The van der Waals surface area contributed by atoms with E-state index in [1.165, 1.54) is 12.1 Å². The summed E-state index contributed by atoms with van der Waals surface area (Å²) in [5.74, 6) is 0.937. The van der Waals surface area contributed by atoms with Crippen molar-refractivity contribution in [3.8, 4) is 5.75 Å². The highest BCUT2D eigenvalue weighted by atomic mass is 19.1. The number of amides is 2. The van der Waals surface area contributed by atoms with Crippen LogP contribution in [0.15, 0.2) is 83.3 Å². The number of rotatable bonds is 8. The molecule has 7 heteroatoms. The third-order valence-corrected chi connectivity index (χ3v) is 7.52. The number of carbonyl (C=O) groups excluding carboxylic acids is 2. The summed E-state index contributed by atoms with van der Waals surface area (Å²) in [6, 6.07) is 23.3. The average Bonchev–Trinajstić information content (AvgIpc) is 3.71. The number of hydrogen-bond donors (Lipinski definition) is 1. The molecule has 1 N–H and O–H groups in total. The molecule has 6 nitrogen and oxygen atoms in total. The fraction of sp³-hybridized carbons (Fsp3) is 0.273. The van der Waals surface area contributed by atoms with Gasteiger partial charge >= 0.3 is 0 Å². The number of ether oxygens (including phenoxy) is 1. The molecule has 1 fully saturated rings. The van der Waals surface area contributed by atoms with E-state index in [0.29, 0.717) is 24.6 Å². The monoisotopic (exact) mass is 538 g/mol. The molecule has 1 aliphatic carbocycles. The molecule has 204 valence electrons. The minimum absolute atomic E-state index is 0.0687. The van der Waals surface area contributed by atoms with Crippen LogP contribution in [0.4, 0.5) is 4.39 Å². The Morgan fingerprint density at radius 3 is 2.67 bits per heavy atom. The summed E-state index contributed by atoms with van der Waals surface area (Å²) in [4.78, 5) is 27.7. The van der Waals surface area contributed by atoms with Gasteiger partial charge in [0.2, 0.25) is 5.91 Å². The standard InChI is InChI=1S/C33H31FN2O4/c1-21-4-2-5-22(16-21)19-35-32(37)30-13-12-28(40-30)20-39-27-11-10-23-14-15-36(33(38)24-8-9-24)31(29(23)18-27)25-6-3-7-26(34)17-25/h2-7,10-13,16-18,24,31H,8-9,14-15,19-20H2,1H3,(H,35,37)/t31-/m0/s1. The Morgan fingerprint density at radius 2 is 1.88 bits per heavy atom. The van der Waals surface area contributed by atoms with Gasteiger partial charge in [-0.3, -0.25) is 9.59 Å². The summed E-state index contributed by atoms with van der Waals surface area (Å²) < 4.78 is 26.0. The number of nitrogens with zero attached hydrogens (tertiary/aromatic N) is 1. The number of nitrogens with one attached hydrogen (secondary N) is 1. The van der Waals surface area contributed by atoms with Crippen molar-refractivity contribution in [2.45, 2.75) is 45.4 Å². The molecule has 0 saturated heterocycles. The highest BCUT2D eigenvalue weighted by Gasteiger charge is 2.39. The first-order valence-corrected chi connectivity index (χ1v) is 13.7. The summed E-state index contributed by atoms with van der Waals surface area (Å²) in [5.41, 5.74) is 4.96. The maximum Gasteiger partial charge on any atom is 0.287 e. The van der Waals surface area contributed by atoms with E-state index < -0.39 is 0 Å². The molecule has 3 aromatic carbocycles. The summed E-state index contributed by atoms with van der Waals surface area (Å²) in [6.07, 6.45) is 2.56. The topological polar surface area (TPSA) is 71.8 Å². The van der Waals surface area contributed by atoms with E-state index in [9.17, 15) is 14.0 Å². The van der Waals surface area contributed by atoms with Crippen molar-refractivity contribution in [3.63, 3.8) is 0 Å². The Labute approximate surface area is 232 Å². The molecule has 1 aromatic heterocycles. The Balaban J connectivity index is 1.16. The Kier molecular flexibility index (Phi) is 7.11. The van der Waals surface area contributed by atoms with E-state index in [1.54, 1.807) is 18.2 Å². The second-order valence-electron chi connectivity index (χ2n) is 10.6. The molecular formula is C33H31FN2O4. The lowest BCUT2D eigenvalue weighted by atomic mass is 9.87. The van der Waals surface area contributed by atoms with Gasteiger partial charge in [0.15, 0.2) is 5.76 Å². The van der Waals surface area contributed by atoms with E-state index in [1.807, 2.05) is 60.4 Å². The minimum Gasteiger partial charge on any atom is -0.486 e. The van der Waals surface area contributed by atoms with Crippen LogP contribution in [-0.4, -0.2) is 23.3 Å². The van der Waals surface area contributed by atoms with E-state index >= 15 is 0 Å². The van der Waals surface area contributed by atoms with Gasteiger partial charge < -0.3 is 19.4 Å². The number of fused-ring (bicyclic) bond motifs is 1. The second-order valence-corrected chi connectivity index (χ2v) is 10.6. The van der Waals surface area contributed by atoms with Gasteiger partial charge in [0, 0.05) is 19.0 Å². The number of hydrogen-bond acceptors (Lipinski definition) is 4. The van der Waals surface area contributed by atoms with Crippen LogP contribution < -0.4 is 10.1 Å². The fourth-order valence-corrected chi connectivity index (χ4v) is 5.34. The highest BCUT2D eigenvalue weighted by Crippen LogP contribution is 2.41. The molecular weight excluding hydrogens is 507 g/mol. The quantitative estimate of drug-likeness (QED) is 0.293. The number of benzene rings is 3. The van der Waals surface area contributed by atoms with Gasteiger partial charge in [-0.1, -0.05) is 48.0 Å². The van der Waals surface area contributed by atoms with Crippen LogP contribution in [0.3, 0.4) is 0 Å². The van der Waals surface area contributed by atoms with Crippen LogP contribution in [0.2, 0.25) is 0 Å². The molecule has 2 heterocycles. The van der Waals surface area contributed by atoms with Crippen LogP contribution in [0, 0.1) is 18.7 Å². The van der Waals surface area contributed by atoms with Crippen LogP contribution >= 0.6 is 0 Å². The largest absolute Gasteiger partial charge is 0.486 e. The summed E-state index contributed by atoms with van der Waals surface area (Å²) in [7, 11) is 0. The van der Waals surface area contributed by atoms with Gasteiger partial charge in [0.25, 0.3) is 5.91 Å². The first kappa shape index (κ1) is 25.9. The smallest absolute Gasteiger partial charge is 0.287 e. The molecule has 40 heavy (non-hydrogen) atoms. The second kappa shape index (κ2) is 11.0. The van der Waals surface area contributed by atoms with Crippen LogP contribution in [-0.2, 0) is 24.4 Å². The zero-order valence-electron chi connectivity index (χ0n) is 22.4. The van der Waals surface area contributed by atoms with Gasteiger partial charge in [-0.25, -0.2) is 4.39 Å². The van der Waals surface area contributed by atoms with Crippen LogP contribution in [0.1, 0.15) is 63.0 Å². The lowest BCUT2D eigenvalue weighted by Crippen LogP contribution is -2.41. The van der Waals surface area contributed by atoms with Crippen molar-refractivity contribution in [3.05, 3.63) is 124 Å². The van der Waals surface area contributed by atoms with Crippen molar-refractivity contribution in [1.82, 2.24) is 10.2 Å². The lowest BCUT2D eigenvalue weighted by molar-refractivity contribution is -0.134. The molecule has 2 amide bonds. The summed E-state index contributed by atoms with van der Waals surface area (Å²) in [5, 5.41) is 2.88. The summed E-state index contributed by atoms with van der Waals surface area (Å²) in [6.45, 7) is 3.16. The molecule has 0 bridgehead atoms. The van der Waals surface area contributed by atoms with Gasteiger partial charge in [-0.2, -0.15) is 0 Å². The molecule has 6 rings (SSSR count). The highest BCUT2D eigenvalue weighted by molar-refractivity contribution is 5.91. The van der Waals surface area contributed by atoms with E-state index in [0.717, 1.165) is 47.1 Å². The predicted molar refractivity (Wildman–Crippen MR) is 148 cm³/mol. The lowest BCUT2D eigenvalue weighted by Gasteiger charge is -2.38. The van der Waals surface area contributed by atoms with Crippen molar-refractivity contribution in [2.24, 2.45) is 5.92 Å². The SMILES string of the molecule is Cc1cccc(CNC(=O)c2ccc(COc3ccc4c(c3)[C@H](c3cccc(F)c3)N(C(=O)C3CC3)CC4)o2)c1.